The molecule has 0 atom stereocenters. The maximum absolute atomic E-state index is 12.0. The molecule has 136 valence electrons. The van der Waals surface area contributed by atoms with E-state index in [0.717, 1.165) is 6.42 Å². The van der Waals surface area contributed by atoms with Gasteiger partial charge in [0.05, 0.1) is 12.3 Å². The van der Waals surface area contributed by atoms with Crippen LogP contribution in [0.25, 0.3) is 0 Å². The van der Waals surface area contributed by atoms with Crippen LogP contribution in [0.3, 0.4) is 0 Å². The molecule has 0 aromatic heterocycles. The molecular formula is C20H22N2O4. The van der Waals surface area contributed by atoms with Gasteiger partial charge in [-0.15, -0.1) is 0 Å². The van der Waals surface area contributed by atoms with Crippen LogP contribution in [-0.2, 0) is 20.7 Å². The number of fused-ring (bicyclic) bond motifs is 1. The van der Waals surface area contributed by atoms with Crippen molar-refractivity contribution >= 4 is 23.2 Å². The first kappa shape index (κ1) is 17.9. The number of carbonyl (C=O) groups is 2. The van der Waals surface area contributed by atoms with Gasteiger partial charge in [0, 0.05) is 18.7 Å². The zero-order chi connectivity index (χ0) is 18.2. The normalized spacial score (nSPS) is 12.7. The monoisotopic (exact) mass is 354 g/mol. The highest BCUT2D eigenvalue weighted by atomic mass is 16.5. The van der Waals surface area contributed by atoms with Crippen molar-refractivity contribution in [2.45, 2.75) is 19.3 Å². The second-order valence-corrected chi connectivity index (χ2v) is 6.05. The SMILES string of the molecule is O=C(CCCOCCc1ccccc1)Nc1ccc2c(c1)NC(=O)CO2. The first-order chi connectivity index (χ1) is 12.7. The Hall–Kier alpha value is -2.86. The number of nitrogens with one attached hydrogen (secondary N) is 2. The summed E-state index contributed by atoms with van der Waals surface area (Å²) in [4.78, 5) is 23.4. The Bertz CT molecular complexity index is 762. The van der Waals surface area contributed by atoms with Crippen LogP contribution < -0.4 is 15.4 Å². The number of benzene rings is 2. The van der Waals surface area contributed by atoms with E-state index in [1.165, 1.54) is 5.56 Å². The summed E-state index contributed by atoms with van der Waals surface area (Å²) in [5.74, 6) is 0.322. The number of carbonyl (C=O) groups excluding carboxylic acids is 2. The lowest BCUT2D eigenvalue weighted by molar-refractivity contribution is -0.118. The number of hydrogen-bond donors (Lipinski definition) is 2. The summed E-state index contributed by atoms with van der Waals surface area (Å²) in [7, 11) is 0. The van der Waals surface area contributed by atoms with Crippen LogP contribution in [-0.4, -0.2) is 31.6 Å². The Kier molecular flexibility index (Phi) is 6.22. The third kappa shape index (κ3) is 5.32. The van der Waals surface area contributed by atoms with Crippen LogP contribution in [0.15, 0.2) is 48.5 Å². The summed E-state index contributed by atoms with van der Waals surface area (Å²) in [6, 6.07) is 15.3. The van der Waals surface area contributed by atoms with Crippen molar-refractivity contribution in [3.05, 3.63) is 54.1 Å². The molecule has 0 fully saturated rings. The topological polar surface area (TPSA) is 76.7 Å². The van der Waals surface area contributed by atoms with Gasteiger partial charge in [0.1, 0.15) is 5.75 Å². The number of rotatable bonds is 8. The first-order valence-electron chi connectivity index (χ1n) is 8.69. The lowest BCUT2D eigenvalue weighted by Gasteiger charge is -2.18. The fraction of sp³-hybridized carbons (Fsp3) is 0.300. The molecule has 0 saturated carbocycles. The lowest BCUT2D eigenvalue weighted by atomic mass is 10.2. The number of ether oxygens (including phenoxy) is 2. The summed E-state index contributed by atoms with van der Waals surface area (Å²) >= 11 is 0. The van der Waals surface area contributed by atoms with E-state index < -0.39 is 0 Å². The van der Waals surface area contributed by atoms with Gasteiger partial charge in [-0.3, -0.25) is 9.59 Å². The zero-order valence-electron chi connectivity index (χ0n) is 14.5. The summed E-state index contributed by atoms with van der Waals surface area (Å²) in [5.41, 5.74) is 2.45. The largest absolute Gasteiger partial charge is 0.482 e. The van der Waals surface area contributed by atoms with E-state index in [1.807, 2.05) is 18.2 Å². The summed E-state index contributed by atoms with van der Waals surface area (Å²) in [5, 5.41) is 5.54. The maximum Gasteiger partial charge on any atom is 0.262 e. The van der Waals surface area contributed by atoms with Crippen molar-refractivity contribution in [3.8, 4) is 5.75 Å². The van der Waals surface area contributed by atoms with Gasteiger partial charge in [-0.1, -0.05) is 30.3 Å². The molecule has 2 aromatic rings. The van der Waals surface area contributed by atoms with Gasteiger partial charge < -0.3 is 20.1 Å². The quantitative estimate of drug-likeness (QED) is 0.715. The third-order valence-electron chi connectivity index (χ3n) is 3.97. The van der Waals surface area contributed by atoms with Crippen LogP contribution >= 0.6 is 0 Å². The van der Waals surface area contributed by atoms with Crippen LogP contribution in [0.2, 0.25) is 0 Å². The van der Waals surface area contributed by atoms with E-state index >= 15 is 0 Å². The van der Waals surface area contributed by atoms with E-state index in [9.17, 15) is 9.59 Å². The smallest absolute Gasteiger partial charge is 0.262 e. The molecule has 1 aliphatic rings. The minimum absolute atomic E-state index is 0.0168. The van der Waals surface area contributed by atoms with Crippen molar-refractivity contribution in [3.63, 3.8) is 0 Å². The van der Waals surface area contributed by atoms with Gasteiger partial charge in [-0.05, 0) is 36.6 Å². The minimum Gasteiger partial charge on any atom is -0.482 e. The zero-order valence-corrected chi connectivity index (χ0v) is 14.5. The van der Waals surface area contributed by atoms with Gasteiger partial charge in [-0.25, -0.2) is 0 Å². The second-order valence-electron chi connectivity index (χ2n) is 6.05. The molecule has 2 N–H and O–H groups in total. The molecule has 1 heterocycles. The average Bonchev–Trinajstić information content (AvgIpc) is 2.65. The third-order valence-corrected chi connectivity index (χ3v) is 3.97. The van der Waals surface area contributed by atoms with Gasteiger partial charge in [0.2, 0.25) is 5.91 Å². The fourth-order valence-electron chi connectivity index (χ4n) is 2.66. The summed E-state index contributed by atoms with van der Waals surface area (Å²) < 4.78 is 10.9. The summed E-state index contributed by atoms with van der Waals surface area (Å²) in [6.07, 6.45) is 1.91. The minimum atomic E-state index is -0.200. The predicted molar refractivity (Wildman–Crippen MR) is 99.4 cm³/mol. The van der Waals surface area contributed by atoms with Gasteiger partial charge in [0.15, 0.2) is 6.61 Å². The molecule has 0 radical (unpaired) electrons. The highest BCUT2D eigenvalue weighted by Crippen LogP contribution is 2.30. The Balaban J connectivity index is 1.34. The van der Waals surface area contributed by atoms with E-state index in [1.54, 1.807) is 18.2 Å². The van der Waals surface area contributed by atoms with Crippen molar-refractivity contribution in [1.82, 2.24) is 0 Å². The Morgan fingerprint density at radius 3 is 2.85 bits per heavy atom. The first-order valence-corrected chi connectivity index (χ1v) is 8.69. The molecule has 3 rings (SSSR count). The van der Waals surface area contributed by atoms with E-state index in [2.05, 4.69) is 22.8 Å². The molecule has 6 nitrogen and oxygen atoms in total. The van der Waals surface area contributed by atoms with Gasteiger partial charge >= 0.3 is 0 Å². The van der Waals surface area contributed by atoms with E-state index in [-0.39, 0.29) is 18.4 Å². The molecular weight excluding hydrogens is 332 g/mol. The lowest BCUT2D eigenvalue weighted by Crippen LogP contribution is -2.25. The predicted octanol–water partition coefficient (Wildman–Crippen LogP) is 3.00. The van der Waals surface area contributed by atoms with Crippen molar-refractivity contribution < 1.29 is 19.1 Å². The molecule has 2 aromatic carbocycles. The maximum atomic E-state index is 12.0. The Morgan fingerprint density at radius 2 is 2.00 bits per heavy atom. The van der Waals surface area contributed by atoms with Crippen molar-refractivity contribution in [2.75, 3.05) is 30.5 Å². The highest BCUT2D eigenvalue weighted by molar-refractivity contribution is 5.97. The van der Waals surface area contributed by atoms with Crippen LogP contribution in [0.5, 0.6) is 5.75 Å². The molecule has 0 bridgehead atoms. The van der Waals surface area contributed by atoms with Gasteiger partial charge in [0.25, 0.3) is 5.91 Å². The van der Waals surface area contributed by atoms with Crippen molar-refractivity contribution in [2.24, 2.45) is 0 Å². The molecule has 1 aliphatic heterocycles. The molecule has 2 amide bonds. The Labute approximate surface area is 152 Å². The summed E-state index contributed by atoms with van der Waals surface area (Å²) in [6.45, 7) is 1.22. The molecule has 0 unspecified atom stereocenters. The van der Waals surface area contributed by atoms with Gasteiger partial charge in [-0.2, -0.15) is 0 Å². The van der Waals surface area contributed by atoms with Crippen molar-refractivity contribution in [1.29, 1.82) is 0 Å². The van der Waals surface area contributed by atoms with E-state index in [4.69, 9.17) is 9.47 Å². The molecule has 0 aliphatic carbocycles. The molecule has 6 heteroatoms. The second kappa shape index (κ2) is 9.01. The van der Waals surface area contributed by atoms with Crippen LogP contribution in [0.4, 0.5) is 11.4 Å². The van der Waals surface area contributed by atoms with Crippen LogP contribution in [0.1, 0.15) is 18.4 Å². The molecule has 0 spiro atoms. The fourth-order valence-corrected chi connectivity index (χ4v) is 2.66. The highest BCUT2D eigenvalue weighted by Gasteiger charge is 2.16. The Morgan fingerprint density at radius 1 is 1.15 bits per heavy atom. The standard InChI is InChI=1S/C20H22N2O4/c23-19(7-4-11-25-12-10-15-5-2-1-3-6-15)21-16-8-9-18-17(13-16)22-20(24)14-26-18/h1-3,5-6,8-9,13H,4,7,10-12,14H2,(H,21,23)(H,22,24). The number of hydrogen-bond acceptors (Lipinski definition) is 4. The molecule has 0 saturated heterocycles. The molecule has 26 heavy (non-hydrogen) atoms. The van der Waals surface area contributed by atoms with Crippen LogP contribution in [0, 0.1) is 0 Å². The number of amides is 2. The van der Waals surface area contributed by atoms with E-state index in [0.29, 0.717) is 43.2 Å². The average molecular weight is 354 g/mol. The number of anilines is 2.